The zero-order valence-electron chi connectivity index (χ0n) is 25.9. The van der Waals surface area contributed by atoms with E-state index < -0.39 is 17.7 Å². The van der Waals surface area contributed by atoms with E-state index in [9.17, 15) is 9.90 Å². The van der Waals surface area contributed by atoms with Gasteiger partial charge in [0.15, 0.2) is 0 Å². The standard InChI is InChI=1S/C39H37NO6/c1-43-31-20-16-28(17-21-31)39(27-10-4-3-5-11-27,29-18-22-32(44-2)23-19-29)46-25-30(24-41)40-38(42)45-26-37-35-14-8-6-12-33(35)34-13-7-9-15-36(34)37/h3-23,30,37,41H,24-26H2,1-2H3,(H,40,42). The molecule has 1 aliphatic carbocycles. The highest BCUT2D eigenvalue weighted by atomic mass is 16.6. The van der Waals surface area contributed by atoms with Crippen molar-refractivity contribution in [3.8, 4) is 22.6 Å². The molecule has 2 N–H and O–H groups in total. The van der Waals surface area contributed by atoms with Gasteiger partial charge in [0, 0.05) is 5.92 Å². The van der Waals surface area contributed by atoms with Gasteiger partial charge < -0.3 is 29.4 Å². The van der Waals surface area contributed by atoms with Crippen LogP contribution in [0.3, 0.4) is 0 Å². The molecule has 5 aromatic carbocycles. The first-order valence-corrected chi connectivity index (χ1v) is 15.3. The average molecular weight is 616 g/mol. The number of alkyl carbamates (subject to hydrolysis) is 1. The number of nitrogens with one attached hydrogen (secondary N) is 1. The van der Waals surface area contributed by atoms with E-state index in [4.69, 9.17) is 18.9 Å². The Balaban J connectivity index is 1.24. The monoisotopic (exact) mass is 615 g/mol. The van der Waals surface area contributed by atoms with Gasteiger partial charge in [-0.25, -0.2) is 4.79 Å². The lowest BCUT2D eigenvalue weighted by Gasteiger charge is -2.37. The number of carbonyl (C=O) groups excluding carboxylic acids is 1. The maximum absolute atomic E-state index is 13.1. The molecule has 0 aliphatic heterocycles. The Kier molecular flexibility index (Phi) is 9.33. The van der Waals surface area contributed by atoms with Crippen molar-refractivity contribution in [3.63, 3.8) is 0 Å². The van der Waals surface area contributed by atoms with Gasteiger partial charge in [-0.1, -0.05) is 103 Å². The largest absolute Gasteiger partial charge is 0.497 e. The fraction of sp³-hybridized carbons (Fsp3) is 0.205. The molecule has 0 fully saturated rings. The summed E-state index contributed by atoms with van der Waals surface area (Å²) in [5, 5.41) is 13.2. The minimum absolute atomic E-state index is 0.00630. The van der Waals surface area contributed by atoms with Gasteiger partial charge in [0.25, 0.3) is 0 Å². The van der Waals surface area contributed by atoms with E-state index in [0.717, 1.165) is 38.9 Å². The molecule has 1 amide bonds. The molecule has 7 heteroatoms. The van der Waals surface area contributed by atoms with Crippen LogP contribution in [0.5, 0.6) is 11.5 Å². The average Bonchev–Trinajstić information content (AvgIpc) is 3.44. The quantitative estimate of drug-likeness (QED) is 0.148. The number of rotatable bonds is 12. The highest BCUT2D eigenvalue weighted by Crippen LogP contribution is 2.45. The van der Waals surface area contributed by atoms with Gasteiger partial charge in [-0.2, -0.15) is 0 Å². The lowest BCUT2D eigenvalue weighted by Crippen LogP contribution is -2.44. The number of ether oxygens (including phenoxy) is 4. The van der Waals surface area contributed by atoms with E-state index in [1.54, 1.807) is 14.2 Å². The summed E-state index contributed by atoms with van der Waals surface area (Å²) in [6.07, 6.45) is -0.622. The maximum Gasteiger partial charge on any atom is 0.407 e. The van der Waals surface area contributed by atoms with Crippen LogP contribution < -0.4 is 14.8 Å². The summed E-state index contributed by atoms with van der Waals surface area (Å²) < 4.78 is 23.5. The van der Waals surface area contributed by atoms with E-state index in [2.05, 4.69) is 29.6 Å². The highest BCUT2D eigenvalue weighted by Gasteiger charge is 2.39. The number of benzene rings is 5. The second kappa shape index (κ2) is 13.9. The van der Waals surface area contributed by atoms with Crippen LogP contribution in [0.4, 0.5) is 4.79 Å². The normalized spacial score (nSPS) is 12.9. The van der Waals surface area contributed by atoms with Crippen LogP contribution in [0.25, 0.3) is 11.1 Å². The lowest BCUT2D eigenvalue weighted by atomic mass is 9.80. The number of carbonyl (C=O) groups is 1. The molecule has 1 aliphatic rings. The molecule has 1 atom stereocenters. The number of hydrogen-bond acceptors (Lipinski definition) is 6. The molecule has 0 saturated heterocycles. The van der Waals surface area contributed by atoms with Crippen molar-refractivity contribution >= 4 is 6.09 Å². The predicted octanol–water partition coefficient (Wildman–Crippen LogP) is 6.91. The Morgan fingerprint density at radius 2 is 1.17 bits per heavy atom. The van der Waals surface area contributed by atoms with Gasteiger partial charge in [-0.05, 0) is 63.2 Å². The van der Waals surface area contributed by atoms with Crippen LogP contribution in [-0.2, 0) is 15.1 Å². The topological polar surface area (TPSA) is 86.2 Å². The summed E-state index contributed by atoms with van der Waals surface area (Å²) in [4.78, 5) is 13.1. The second-order valence-electron chi connectivity index (χ2n) is 11.2. The molecule has 0 spiro atoms. The fourth-order valence-corrected chi connectivity index (χ4v) is 6.25. The van der Waals surface area contributed by atoms with Crippen LogP contribution in [0.1, 0.15) is 33.7 Å². The molecular weight excluding hydrogens is 578 g/mol. The third-order valence-electron chi connectivity index (χ3n) is 8.56. The molecule has 1 unspecified atom stereocenters. The Morgan fingerprint density at radius 3 is 1.67 bits per heavy atom. The first-order chi connectivity index (χ1) is 22.6. The molecule has 0 bridgehead atoms. The minimum atomic E-state index is -1.09. The van der Waals surface area contributed by atoms with Crippen LogP contribution in [0, 0.1) is 0 Å². The fourth-order valence-electron chi connectivity index (χ4n) is 6.25. The van der Waals surface area contributed by atoms with Crippen molar-refractivity contribution in [3.05, 3.63) is 155 Å². The number of aliphatic hydroxyl groups is 1. The van der Waals surface area contributed by atoms with Crippen molar-refractivity contribution in [1.29, 1.82) is 0 Å². The second-order valence-corrected chi connectivity index (χ2v) is 11.2. The molecule has 0 saturated carbocycles. The number of hydrogen-bond donors (Lipinski definition) is 2. The Morgan fingerprint density at radius 1 is 0.696 bits per heavy atom. The molecule has 234 valence electrons. The number of amides is 1. The molecular formula is C39H37NO6. The van der Waals surface area contributed by atoms with Crippen LogP contribution in [0.2, 0.25) is 0 Å². The minimum Gasteiger partial charge on any atom is -0.497 e. The van der Waals surface area contributed by atoms with Crippen LogP contribution in [0.15, 0.2) is 127 Å². The number of aliphatic hydroxyl groups excluding tert-OH is 1. The van der Waals surface area contributed by atoms with Gasteiger partial charge in [-0.3, -0.25) is 0 Å². The summed E-state index contributed by atoms with van der Waals surface area (Å²) >= 11 is 0. The Labute approximate surface area is 269 Å². The van der Waals surface area contributed by atoms with Gasteiger partial charge in [0.2, 0.25) is 0 Å². The third-order valence-corrected chi connectivity index (χ3v) is 8.56. The van der Waals surface area contributed by atoms with Crippen molar-refractivity contribution in [2.45, 2.75) is 17.6 Å². The van der Waals surface area contributed by atoms with Gasteiger partial charge in [0.1, 0.15) is 23.7 Å². The summed E-state index contributed by atoms with van der Waals surface area (Å²) in [6.45, 7) is -0.182. The Hall–Kier alpha value is -5.11. The van der Waals surface area contributed by atoms with Crippen LogP contribution in [-0.4, -0.2) is 51.3 Å². The van der Waals surface area contributed by atoms with Crippen molar-refractivity contribution < 1.29 is 28.8 Å². The van der Waals surface area contributed by atoms with Crippen molar-refractivity contribution in [2.24, 2.45) is 0 Å². The SMILES string of the molecule is COc1ccc(C(OCC(CO)NC(=O)OCC2c3ccccc3-c3ccccc32)(c2ccccc2)c2ccc(OC)cc2)cc1. The van der Waals surface area contributed by atoms with E-state index in [-0.39, 0.29) is 25.7 Å². The molecule has 7 nitrogen and oxygen atoms in total. The van der Waals surface area contributed by atoms with Crippen molar-refractivity contribution in [2.75, 3.05) is 34.0 Å². The molecule has 5 aromatic rings. The van der Waals surface area contributed by atoms with Crippen LogP contribution >= 0.6 is 0 Å². The molecule has 0 heterocycles. The van der Waals surface area contributed by atoms with E-state index in [0.29, 0.717) is 11.5 Å². The van der Waals surface area contributed by atoms with Gasteiger partial charge in [0.05, 0.1) is 33.5 Å². The van der Waals surface area contributed by atoms with E-state index in [1.165, 1.54) is 0 Å². The third kappa shape index (κ3) is 6.07. The zero-order chi connectivity index (χ0) is 31.9. The molecule has 0 aromatic heterocycles. The summed E-state index contributed by atoms with van der Waals surface area (Å²) in [6, 6.07) is 40.9. The zero-order valence-corrected chi connectivity index (χ0v) is 25.9. The van der Waals surface area contributed by atoms with E-state index >= 15 is 0 Å². The van der Waals surface area contributed by atoms with Gasteiger partial charge >= 0.3 is 6.09 Å². The number of methoxy groups -OCH3 is 2. The summed E-state index contributed by atoms with van der Waals surface area (Å²) in [5.74, 6) is 1.36. The lowest BCUT2D eigenvalue weighted by molar-refractivity contribution is -0.00827. The number of fused-ring (bicyclic) bond motifs is 3. The summed E-state index contributed by atoms with van der Waals surface area (Å²) in [7, 11) is 3.25. The van der Waals surface area contributed by atoms with Gasteiger partial charge in [-0.15, -0.1) is 0 Å². The predicted molar refractivity (Wildman–Crippen MR) is 177 cm³/mol. The molecule has 6 rings (SSSR count). The first-order valence-electron chi connectivity index (χ1n) is 15.3. The maximum atomic E-state index is 13.1. The van der Waals surface area contributed by atoms with E-state index in [1.807, 2.05) is 103 Å². The molecule has 0 radical (unpaired) electrons. The smallest absolute Gasteiger partial charge is 0.407 e. The summed E-state index contributed by atoms with van der Waals surface area (Å²) in [5.41, 5.74) is 6.06. The first kappa shape index (κ1) is 30.9. The van der Waals surface area contributed by atoms with Crippen molar-refractivity contribution in [1.82, 2.24) is 5.32 Å². The highest BCUT2D eigenvalue weighted by molar-refractivity contribution is 5.79. The molecule has 46 heavy (non-hydrogen) atoms. The Bertz CT molecular complexity index is 1660.